The molecule has 0 aromatic rings. The van der Waals surface area contributed by atoms with E-state index >= 15 is 0 Å². The Bertz CT molecular complexity index is 170. The molecule has 5 heteroatoms. The van der Waals surface area contributed by atoms with Crippen molar-refractivity contribution in [1.29, 1.82) is 0 Å². The third-order valence-corrected chi connectivity index (χ3v) is 2.73. The zero-order valence-electron chi connectivity index (χ0n) is 6.06. The van der Waals surface area contributed by atoms with Gasteiger partial charge in [0.25, 0.3) is 0 Å². The fraction of sp³-hybridized carbons (Fsp3) is 0.833. The predicted octanol–water partition coefficient (Wildman–Crippen LogP) is 0.188. The van der Waals surface area contributed by atoms with Crippen molar-refractivity contribution in [2.75, 3.05) is 25.4 Å². The fourth-order valence-electron chi connectivity index (χ4n) is 1.13. The van der Waals surface area contributed by atoms with Crippen LogP contribution < -0.4 is 0 Å². The fourth-order valence-corrected chi connectivity index (χ4v) is 2.01. The van der Waals surface area contributed by atoms with Crippen LogP contribution in [0.4, 0.5) is 0 Å². The summed E-state index contributed by atoms with van der Waals surface area (Å²) in [4.78, 5) is 6.41. The van der Waals surface area contributed by atoms with Crippen LogP contribution in [0, 0.1) is 0 Å². The van der Waals surface area contributed by atoms with Crippen LogP contribution in [0.1, 0.15) is 0 Å². The molecule has 3 nitrogen and oxygen atoms in total. The molecular weight excluding hydrogens is 184 g/mol. The van der Waals surface area contributed by atoms with Crippen LogP contribution in [0.15, 0.2) is 4.99 Å². The molecule has 2 aliphatic heterocycles. The van der Waals surface area contributed by atoms with Crippen molar-refractivity contribution >= 4 is 29.3 Å². The number of aliphatic hydroxyl groups is 1. The molecule has 0 aliphatic carbocycles. The number of hydrogen-bond acceptors (Lipinski definition) is 4. The van der Waals surface area contributed by atoms with Crippen molar-refractivity contribution in [3.8, 4) is 0 Å². The van der Waals surface area contributed by atoms with Crippen LogP contribution in [-0.2, 0) is 0 Å². The molecule has 0 saturated carbocycles. The van der Waals surface area contributed by atoms with Crippen molar-refractivity contribution in [1.82, 2.24) is 4.90 Å². The number of halogens is 1. The predicted molar refractivity (Wildman–Crippen MR) is 49.6 cm³/mol. The van der Waals surface area contributed by atoms with Crippen LogP contribution in [0.2, 0.25) is 0 Å². The van der Waals surface area contributed by atoms with Gasteiger partial charge in [0.15, 0.2) is 5.17 Å². The van der Waals surface area contributed by atoms with Gasteiger partial charge in [-0.2, -0.15) is 0 Å². The Labute approximate surface area is 76.3 Å². The second-order valence-corrected chi connectivity index (χ2v) is 3.63. The Morgan fingerprint density at radius 1 is 1.55 bits per heavy atom. The Kier molecular flexibility index (Phi) is 3.04. The van der Waals surface area contributed by atoms with E-state index in [-0.39, 0.29) is 18.5 Å². The van der Waals surface area contributed by atoms with Gasteiger partial charge in [0.1, 0.15) is 0 Å². The van der Waals surface area contributed by atoms with E-state index in [9.17, 15) is 0 Å². The van der Waals surface area contributed by atoms with E-state index in [4.69, 9.17) is 5.11 Å². The first-order chi connectivity index (χ1) is 4.86. The van der Waals surface area contributed by atoms with Crippen molar-refractivity contribution in [3.05, 3.63) is 0 Å². The van der Waals surface area contributed by atoms with E-state index in [2.05, 4.69) is 9.89 Å². The maximum Gasteiger partial charge on any atom is 0.159 e. The van der Waals surface area contributed by atoms with Gasteiger partial charge in [0, 0.05) is 18.8 Å². The highest BCUT2D eigenvalue weighted by Gasteiger charge is 2.28. The molecule has 2 heterocycles. The number of thioether (sulfide) groups is 1. The molecule has 2 rings (SSSR count). The molecule has 11 heavy (non-hydrogen) atoms. The summed E-state index contributed by atoms with van der Waals surface area (Å²) in [6.07, 6.45) is -0.108. The number of aliphatic hydroxyl groups excluding tert-OH is 1. The van der Waals surface area contributed by atoms with Gasteiger partial charge in [-0.05, 0) is 0 Å². The van der Waals surface area contributed by atoms with Crippen molar-refractivity contribution < 1.29 is 5.11 Å². The minimum Gasteiger partial charge on any atom is -0.389 e. The lowest BCUT2D eigenvalue weighted by Gasteiger charge is -2.36. The molecule has 2 aliphatic rings. The number of β-amino-alcohol motifs (C(OH)–C–C–N with tert-alkyl or cyclic N) is 1. The van der Waals surface area contributed by atoms with Gasteiger partial charge in [-0.1, -0.05) is 11.8 Å². The molecule has 0 atom stereocenters. The van der Waals surface area contributed by atoms with Crippen LogP contribution in [0.25, 0.3) is 0 Å². The highest BCUT2D eigenvalue weighted by atomic mass is 35.5. The molecule has 0 radical (unpaired) electrons. The topological polar surface area (TPSA) is 35.8 Å². The summed E-state index contributed by atoms with van der Waals surface area (Å²) in [6, 6.07) is 0. The van der Waals surface area contributed by atoms with Gasteiger partial charge >= 0.3 is 0 Å². The summed E-state index contributed by atoms with van der Waals surface area (Å²) in [5.41, 5.74) is 0. The van der Waals surface area contributed by atoms with E-state index in [0.717, 1.165) is 30.6 Å². The number of aliphatic imine (C=N–C) groups is 1. The summed E-state index contributed by atoms with van der Waals surface area (Å²) in [7, 11) is 0. The average Bonchev–Trinajstić information content (AvgIpc) is 2.31. The van der Waals surface area contributed by atoms with E-state index in [1.54, 1.807) is 11.8 Å². The molecule has 1 saturated heterocycles. The van der Waals surface area contributed by atoms with E-state index in [0.29, 0.717) is 0 Å². The van der Waals surface area contributed by atoms with E-state index in [1.165, 1.54) is 0 Å². The minimum absolute atomic E-state index is 0. The van der Waals surface area contributed by atoms with Gasteiger partial charge < -0.3 is 10.0 Å². The first-order valence-electron chi connectivity index (χ1n) is 3.46. The van der Waals surface area contributed by atoms with Crippen LogP contribution >= 0.6 is 24.2 Å². The minimum atomic E-state index is -0.108. The lowest BCUT2D eigenvalue weighted by Crippen LogP contribution is -2.52. The van der Waals surface area contributed by atoms with Crippen LogP contribution in [0.3, 0.4) is 0 Å². The second kappa shape index (κ2) is 3.65. The van der Waals surface area contributed by atoms with E-state index in [1.807, 2.05) is 0 Å². The molecule has 64 valence electrons. The maximum atomic E-state index is 8.97. The number of amidine groups is 1. The standard InChI is InChI=1S/C6H10N2OS.ClH/c9-5-3-8(4-5)6-7-1-2-10-6;/h5,9H,1-4H2;1H. The van der Waals surface area contributed by atoms with Crippen molar-refractivity contribution in [2.24, 2.45) is 4.99 Å². The van der Waals surface area contributed by atoms with Gasteiger partial charge in [0.2, 0.25) is 0 Å². The number of rotatable bonds is 0. The lowest BCUT2D eigenvalue weighted by atomic mass is 10.2. The Morgan fingerprint density at radius 2 is 2.27 bits per heavy atom. The lowest BCUT2D eigenvalue weighted by molar-refractivity contribution is 0.0487. The highest BCUT2D eigenvalue weighted by Crippen LogP contribution is 2.20. The molecule has 0 spiro atoms. The Balaban J connectivity index is 0.000000605. The maximum absolute atomic E-state index is 8.97. The number of likely N-dealkylation sites (tertiary alicyclic amines) is 1. The third kappa shape index (κ3) is 1.80. The average molecular weight is 195 g/mol. The monoisotopic (exact) mass is 194 g/mol. The molecule has 0 bridgehead atoms. The van der Waals surface area contributed by atoms with Gasteiger partial charge in [-0.25, -0.2) is 0 Å². The van der Waals surface area contributed by atoms with Gasteiger partial charge in [0.05, 0.1) is 12.6 Å². The summed E-state index contributed by atoms with van der Waals surface area (Å²) < 4.78 is 0. The van der Waals surface area contributed by atoms with Crippen molar-refractivity contribution in [3.63, 3.8) is 0 Å². The second-order valence-electron chi connectivity index (χ2n) is 2.57. The third-order valence-electron chi connectivity index (χ3n) is 1.70. The number of nitrogens with zero attached hydrogens (tertiary/aromatic N) is 2. The molecule has 0 unspecified atom stereocenters. The summed E-state index contributed by atoms with van der Waals surface area (Å²) in [6.45, 7) is 2.52. The zero-order valence-corrected chi connectivity index (χ0v) is 7.70. The molecule has 1 fully saturated rings. The highest BCUT2D eigenvalue weighted by molar-refractivity contribution is 8.14. The summed E-state index contributed by atoms with van der Waals surface area (Å²) in [5.74, 6) is 1.11. The SMILES string of the molecule is Cl.OC1CN(C2=NCCS2)C1. The van der Waals surface area contributed by atoms with Gasteiger partial charge in [-0.3, -0.25) is 4.99 Å². The Hall–Kier alpha value is 0.0700. The van der Waals surface area contributed by atoms with E-state index < -0.39 is 0 Å². The van der Waals surface area contributed by atoms with Crippen molar-refractivity contribution in [2.45, 2.75) is 6.10 Å². The zero-order chi connectivity index (χ0) is 6.97. The normalized spacial score (nSPS) is 24.1. The smallest absolute Gasteiger partial charge is 0.159 e. The number of hydrogen-bond donors (Lipinski definition) is 1. The molecule has 0 amide bonds. The molecule has 1 N–H and O–H groups in total. The van der Waals surface area contributed by atoms with Crippen LogP contribution in [0.5, 0.6) is 0 Å². The van der Waals surface area contributed by atoms with Gasteiger partial charge in [-0.15, -0.1) is 12.4 Å². The Morgan fingerprint density at radius 3 is 2.73 bits per heavy atom. The summed E-state index contributed by atoms with van der Waals surface area (Å²) >= 11 is 1.79. The quantitative estimate of drug-likeness (QED) is 0.598. The molecular formula is C6H11ClN2OS. The first kappa shape index (κ1) is 9.16. The summed E-state index contributed by atoms with van der Waals surface area (Å²) in [5, 5.41) is 10.1. The molecule has 0 aromatic carbocycles. The largest absolute Gasteiger partial charge is 0.389 e. The van der Waals surface area contributed by atoms with Crippen LogP contribution in [-0.4, -0.2) is 46.7 Å². The first-order valence-corrected chi connectivity index (χ1v) is 4.45. The molecule has 0 aromatic heterocycles.